The molecule has 3 aromatic rings. The Bertz CT molecular complexity index is 763. The normalized spacial score (nSPS) is 10.8. The molecule has 2 aromatic heterocycles. The van der Waals surface area contributed by atoms with Crippen molar-refractivity contribution in [3.05, 3.63) is 66.1 Å². The summed E-state index contributed by atoms with van der Waals surface area (Å²) >= 11 is 0. The zero-order valence-corrected chi connectivity index (χ0v) is 10.5. The standard InChI is InChI=1S/C16H10N2O2/c17-9-14-8-15(13-4-2-1-3-5-13)20-16(14)18-10-12-6-7-19-11-12/h1-8,10-11H. The van der Waals surface area contributed by atoms with Crippen molar-refractivity contribution in [2.24, 2.45) is 4.99 Å². The van der Waals surface area contributed by atoms with Crippen LogP contribution in [-0.2, 0) is 0 Å². The van der Waals surface area contributed by atoms with Crippen LogP contribution in [0.2, 0.25) is 0 Å². The van der Waals surface area contributed by atoms with Crippen LogP contribution in [0.15, 0.2) is 68.8 Å². The van der Waals surface area contributed by atoms with Crippen LogP contribution in [0.1, 0.15) is 11.1 Å². The number of aliphatic imine (C=N–C) groups is 1. The summed E-state index contributed by atoms with van der Waals surface area (Å²) < 4.78 is 10.6. The summed E-state index contributed by atoms with van der Waals surface area (Å²) in [5.41, 5.74) is 2.13. The lowest BCUT2D eigenvalue weighted by molar-refractivity contribution is 0.567. The predicted octanol–water partition coefficient (Wildman–Crippen LogP) is 4.16. The summed E-state index contributed by atoms with van der Waals surface area (Å²) in [5.74, 6) is 0.925. The molecule has 4 nitrogen and oxygen atoms in total. The first kappa shape index (κ1) is 12.0. The van der Waals surface area contributed by atoms with Gasteiger partial charge in [0.1, 0.15) is 17.4 Å². The Labute approximate surface area is 115 Å². The van der Waals surface area contributed by atoms with Crippen LogP contribution >= 0.6 is 0 Å². The molecule has 96 valence electrons. The summed E-state index contributed by atoms with van der Waals surface area (Å²) in [6, 6.07) is 15.1. The summed E-state index contributed by atoms with van der Waals surface area (Å²) in [7, 11) is 0. The van der Waals surface area contributed by atoms with Gasteiger partial charge in [0, 0.05) is 23.4 Å². The Morgan fingerprint density at radius 3 is 2.70 bits per heavy atom. The van der Waals surface area contributed by atoms with E-state index >= 15 is 0 Å². The molecule has 0 aliphatic carbocycles. The first-order valence-electron chi connectivity index (χ1n) is 6.02. The van der Waals surface area contributed by atoms with Gasteiger partial charge in [0.2, 0.25) is 5.88 Å². The molecule has 0 aliphatic rings. The number of hydrogen-bond donors (Lipinski definition) is 0. The molecule has 2 heterocycles. The van der Waals surface area contributed by atoms with Gasteiger partial charge in [-0.25, -0.2) is 4.99 Å². The van der Waals surface area contributed by atoms with E-state index < -0.39 is 0 Å². The lowest BCUT2D eigenvalue weighted by Crippen LogP contribution is -1.73. The number of benzene rings is 1. The second kappa shape index (κ2) is 5.29. The van der Waals surface area contributed by atoms with Crippen molar-refractivity contribution in [2.75, 3.05) is 0 Å². The summed E-state index contributed by atoms with van der Waals surface area (Å²) in [6.45, 7) is 0. The summed E-state index contributed by atoms with van der Waals surface area (Å²) in [6.07, 6.45) is 4.72. The Morgan fingerprint density at radius 2 is 2.00 bits per heavy atom. The van der Waals surface area contributed by atoms with Crippen LogP contribution < -0.4 is 0 Å². The first-order chi connectivity index (χ1) is 9.86. The monoisotopic (exact) mass is 262 g/mol. The number of hydrogen-bond acceptors (Lipinski definition) is 4. The van der Waals surface area contributed by atoms with Crippen molar-refractivity contribution in [1.29, 1.82) is 5.26 Å². The Morgan fingerprint density at radius 1 is 1.15 bits per heavy atom. The molecule has 0 saturated heterocycles. The zero-order chi connectivity index (χ0) is 13.8. The van der Waals surface area contributed by atoms with Crippen molar-refractivity contribution >= 4 is 12.1 Å². The smallest absolute Gasteiger partial charge is 0.237 e. The molecule has 0 N–H and O–H groups in total. The van der Waals surface area contributed by atoms with E-state index in [1.165, 1.54) is 0 Å². The number of rotatable bonds is 3. The minimum Gasteiger partial charge on any atom is -0.472 e. The topological polar surface area (TPSA) is 62.4 Å². The van der Waals surface area contributed by atoms with Crippen molar-refractivity contribution in [3.63, 3.8) is 0 Å². The van der Waals surface area contributed by atoms with E-state index in [1.807, 2.05) is 30.3 Å². The van der Waals surface area contributed by atoms with Gasteiger partial charge in [-0.05, 0) is 6.07 Å². The van der Waals surface area contributed by atoms with E-state index in [-0.39, 0.29) is 0 Å². The molecule has 20 heavy (non-hydrogen) atoms. The van der Waals surface area contributed by atoms with Crippen molar-refractivity contribution in [3.8, 4) is 17.4 Å². The Kier molecular flexibility index (Phi) is 3.17. The highest BCUT2D eigenvalue weighted by Gasteiger charge is 2.11. The van der Waals surface area contributed by atoms with Crippen molar-refractivity contribution in [1.82, 2.24) is 0 Å². The van der Waals surface area contributed by atoms with E-state index in [9.17, 15) is 0 Å². The fourth-order valence-electron chi connectivity index (χ4n) is 1.78. The molecular weight excluding hydrogens is 252 g/mol. The van der Waals surface area contributed by atoms with Crippen LogP contribution in [-0.4, -0.2) is 6.21 Å². The average molecular weight is 262 g/mol. The third-order valence-corrected chi connectivity index (χ3v) is 2.77. The number of nitrogens with zero attached hydrogens (tertiary/aromatic N) is 2. The highest BCUT2D eigenvalue weighted by molar-refractivity contribution is 5.81. The van der Waals surface area contributed by atoms with Gasteiger partial charge in [0.25, 0.3) is 0 Å². The fraction of sp³-hybridized carbons (Fsp3) is 0. The molecule has 0 saturated carbocycles. The quantitative estimate of drug-likeness (QED) is 0.666. The van der Waals surface area contributed by atoms with Gasteiger partial charge in [0.05, 0.1) is 12.5 Å². The molecule has 0 unspecified atom stereocenters. The number of nitriles is 1. The van der Waals surface area contributed by atoms with Gasteiger partial charge in [-0.2, -0.15) is 5.26 Å². The maximum Gasteiger partial charge on any atom is 0.237 e. The lowest BCUT2D eigenvalue weighted by atomic mass is 10.1. The summed E-state index contributed by atoms with van der Waals surface area (Å²) in [4.78, 5) is 4.19. The van der Waals surface area contributed by atoms with Gasteiger partial charge in [-0.1, -0.05) is 30.3 Å². The second-order valence-corrected chi connectivity index (χ2v) is 4.12. The highest BCUT2D eigenvalue weighted by Crippen LogP contribution is 2.30. The van der Waals surface area contributed by atoms with E-state index in [4.69, 9.17) is 14.1 Å². The van der Waals surface area contributed by atoms with Gasteiger partial charge in [0.15, 0.2) is 0 Å². The maximum atomic E-state index is 9.13. The lowest BCUT2D eigenvalue weighted by Gasteiger charge is -1.93. The van der Waals surface area contributed by atoms with E-state index in [2.05, 4.69) is 11.1 Å². The molecule has 0 atom stereocenters. The van der Waals surface area contributed by atoms with Crippen LogP contribution in [0.25, 0.3) is 11.3 Å². The molecule has 0 fully saturated rings. The van der Waals surface area contributed by atoms with Crippen LogP contribution in [0.5, 0.6) is 0 Å². The molecule has 0 aliphatic heterocycles. The molecule has 0 spiro atoms. The van der Waals surface area contributed by atoms with Crippen molar-refractivity contribution in [2.45, 2.75) is 0 Å². The van der Waals surface area contributed by atoms with Gasteiger partial charge in [-0.3, -0.25) is 0 Å². The molecule has 0 bridgehead atoms. The van der Waals surface area contributed by atoms with E-state index in [0.717, 1.165) is 11.1 Å². The Balaban J connectivity index is 1.96. The average Bonchev–Trinajstić information content (AvgIpc) is 3.15. The van der Waals surface area contributed by atoms with Crippen LogP contribution in [0.3, 0.4) is 0 Å². The molecular formula is C16H10N2O2. The van der Waals surface area contributed by atoms with Gasteiger partial charge in [-0.15, -0.1) is 0 Å². The van der Waals surface area contributed by atoms with Crippen molar-refractivity contribution < 1.29 is 8.83 Å². The Hall–Kier alpha value is -3.06. The van der Waals surface area contributed by atoms with E-state index in [1.54, 1.807) is 30.9 Å². The van der Waals surface area contributed by atoms with E-state index in [0.29, 0.717) is 17.2 Å². The van der Waals surface area contributed by atoms with Gasteiger partial charge >= 0.3 is 0 Å². The minimum absolute atomic E-state index is 0.299. The molecule has 1 aromatic carbocycles. The van der Waals surface area contributed by atoms with Gasteiger partial charge < -0.3 is 8.83 Å². The zero-order valence-electron chi connectivity index (χ0n) is 10.5. The third kappa shape index (κ3) is 2.38. The molecule has 0 radical (unpaired) electrons. The third-order valence-electron chi connectivity index (χ3n) is 2.77. The maximum absolute atomic E-state index is 9.13. The van der Waals surface area contributed by atoms with Crippen LogP contribution in [0.4, 0.5) is 5.88 Å². The first-order valence-corrected chi connectivity index (χ1v) is 6.02. The molecule has 4 heteroatoms. The SMILES string of the molecule is N#Cc1cc(-c2ccccc2)oc1N=Cc1ccoc1. The molecule has 0 amide bonds. The fourth-order valence-corrected chi connectivity index (χ4v) is 1.78. The highest BCUT2D eigenvalue weighted by atomic mass is 16.4. The summed E-state index contributed by atoms with van der Waals surface area (Å²) in [5, 5.41) is 9.13. The molecule has 3 rings (SSSR count). The minimum atomic E-state index is 0.299. The largest absolute Gasteiger partial charge is 0.472 e. The predicted molar refractivity (Wildman–Crippen MR) is 74.8 cm³/mol. The second-order valence-electron chi connectivity index (χ2n) is 4.12. The number of furan rings is 2. The van der Waals surface area contributed by atoms with Crippen LogP contribution in [0, 0.1) is 11.3 Å².